The molecule has 0 bridgehead atoms. The van der Waals surface area contributed by atoms with Crippen LogP contribution in [0.2, 0.25) is 0 Å². The number of carbonyl (C=O) groups is 1. The Balaban J connectivity index is 1.29. The molecule has 3 heterocycles. The number of amides is 1. The normalized spacial score (nSPS) is 23.3. The largest absolute Gasteiger partial charge is 0.325 e. The number of nitrogens with one attached hydrogen (secondary N) is 3. The lowest BCUT2D eigenvalue weighted by Crippen LogP contribution is -2.39. The van der Waals surface area contributed by atoms with Crippen molar-refractivity contribution in [2.75, 3.05) is 18.4 Å². The molecule has 4 rings (SSSR count). The van der Waals surface area contributed by atoms with Crippen molar-refractivity contribution in [1.82, 2.24) is 20.7 Å². The van der Waals surface area contributed by atoms with Crippen LogP contribution in [0.5, 0.6) is 0 Å². The zero-order chi connectivity index (χ0) is 18.5. The van der Waals surface area contributed by atoms with E-state index in [1.165, 1.54) is 37.9 Å². The molecule has 6 nitrogen and oxygen atoms in total. The molecule has 1 aromatic heterocycles. The zero-order valence-electron chi connectivity index (χ0n) is 15.5. The number of anilines is 1. The Hall–Kier alpha value is -2.28. The summed E-state index contributed by atoms with van der Waals surface area (Å²) < 4.78 is 0. The van der Waals surface area contributed by atoms with Crippen LogP contribution in [-0.2, 0) is 11.3 Å². The average molecular weight is 365 g/mol. The molecule has 2 aliphatic heterocycles. The zero-order valence-corrected chi connectivity index (χ0v) is 15.5. The third-order valence-corrected chi connectivity index (χ3v) is 5.40. The topological polar surface area (TPSA) is 69.3 Å². The monoisotopic (exact) mass is 365 g/mol. The maximum Gasteiger partial charge on any atom is 0.242 e. The standard InChI is InChI=1S/C21H27N5O/c27-21(20-14-19(24-25-20)17-8-10-22-11-9-17)23-18-6-4-16(5-7-18)15-26-12-2-1-3-13-26/h4-11,19-20,24-25H,1-3,12-15H2,(H,23,27). The second-order valence-electron chi connectivity index (χ2n) is 7.43. The van der Waals surface area contributed by atoms with E-state index in [1.807, 2.05) is 24.3 Å². The number of nitrogens with zero attached hydrogens (tertiary/aromatic N) is 2. The lowest BCUT2D eigenvalue weighted by Gasteiger charge is -2.26. The van der Waals surface area contributed by atoms with E-state index >= 15 is 0 Å². The van der Waals surface area contributed by atoms with Gasteiger partial charge in [-0.1, -0.05) is 18.6 Å². The Kier molecular flexibility index (Phi) is 5.77. The molecule has 2 atom stereocenters. The van der Waals surface area contributed by atoms with Gasteiger partial charge < -0.3 is 5.32 Å². The van der Waals surface area contributed by atoms with Crippen LogP contribution < -0.4 is 16.2 Å². The lowest BCUT2D eigenvalue weighted by molar-refractivity contribution is -0.117. The van der Waals surface area contributed by atoms with E-state index in [1.54, 1.807) is 12.4 Å². The number of hydrogen-bond donors (Lipinski definition) is 3. The minimum atomic E-state index is -0.254. The van der Waals surface area contributed by atoms with Crippen LogP contribution in [-0.4, -0.2) is 34.9 Å². The number of rotatable bonds is 5. The van der Waals surface area contributed by atoms with Crippen molar-refractivity contribution in [1.29, 1.82) is 0 Å². The lowest BCUT2D eigenvalue weighted by atomic mass is 10.0. The number of likely N-dealkylation sites (tertiary alicyclic amines) is 1. The van der Waals surface area contributed by atoms with Gasteiger partial charge in [0.15, 0.2) is 0 Å². The molecule has 0 aliphatic carbocycles. The molecule has 142 valence electrons. The third-order valence-electron chi connectivity index (χ3n) is 5.40. The first kappa shape index (κ1) is 18.1. The Morgan fingerprint density at radius 2 is 1.78 bits per heavy atom. The van der Waals surface area contributed by atoms with E-state index in [0.29, 0.717) is 6.42 Å². The van der Waals surface area contributed by atoms with Crippen LogP contribution in [0.3, 0.4) is 0 Å². The number of aromatic nitrogens is 1. The van der Waals surface area contributed by atoms with Crippen molar-refractivity contribution < 1.29 is 4.79 Å². The number of carbonyl (C=O) groups excluding carboxylic acids is 1. The summed E-state index contributed by atoms with van der Waals surface area (Å²) in [5.74, 6) is -0.0113. The summed E-state index contributed by atoms with van der Waals surface area (Å²) in [6.45, 7) is 3.38. The van der Waals surface area contributed by atoms with Crippen LogP contribution >= 0.6 is 0 Å². The van der Waals surface area contributed by atoms with Crippen LogP contribution in [0.25, 0.3) is 0 Å². The van der Waals surface area contributed by atoms with Crippen molar-refractivity contribution in [3.05, 3.63) is 59.9 Å². The van der Waals surface area contributed by atoms with Gasteiger partial charge in [-0.05, 0) is 67.7 Å². The highest BCUT2D eigenvalue weighted by molar-refractivity contribution is 5.95. The van der Waals surface area contributed by atoms with E-state index < -0.39 is 0 Å². The molecule has 2 unspecified atom stereocenters. The van der Waals surface area contributed by atoms with Gasteiger partial charge in [0.1, 0.15) is 6.04 Å². The molecule has 0 saturated carbocycles. The summed E-state index contributed by atoms with van der Waals surface area (Å²) in [5, 5.41) is 3.02. The van der Waals surface area contributed by atoms with E-state index in [0.717, 1.165) is 17.8 Å². The van der Waals surface area contributed by atoms with Gasteiger partial charge in [0, 0.05) is 30.7 Å². The Morgan fingerprint density at radius 3 is 2.52 bits per heavy atom. The van der Waals surface area contributed by atoms with Gasteiger partial charge in [0.05, 0.1) is 0 Å². The molecular weight excluding hydrogens is 338 g/mol. The van der Waals surface area contributed by atoms with Crippen LogP contribution in [0.4, 0.5) is 5.69 Å². The Morgan fingerprint density at radius 1 is 1.04 bits per heavy atom. The number of benzene rings is 1. The fraction of sp³-hybridized carbons (Fsp3) is 0.429. The quantitative estimate of drug-likeness (QED) is 0.760. The summed E-state index contributed by atoms with van der Waals surface area (Å²) in [5.41, 5.74) is 9.58. The number of piperidine rings is 1. The fourth-order valence-corrected chi connectivity index (χ4v) is 3.84. The third kappa shape index (κ3) is 4.71. The maximum absolute atomic E-state index is 12.6. The molecule has 1 aromatic carbocycles. The molecule has 0 spiro atoms. The first-order chi connectivity index (χ1) is 13.3. The number of hydrazine groups is 1. The second kappa shape index (κ2) is 8.61. The van der Waals surface area contributed by atoms with Crippen molar-refractivity contribution >= 4 is 11.6 Å². The molecule has 3 N–H and O–H groups in total. The fourth-order valence-electron chi connectivity index (χ4n) is 3.84. The van der Waals surface area contributed by atoms with E-state index in [9.17, 15) is 4.79 Å². The Bertz CT molecular complexity index is 743. The SMILES string of the molecule is O=C(Nc1ccc(CN2CCCCC2)cc1)C1CC(c2ccncc2)NN1. The highest BCUT2D eigenvalue weighted by Gasteiger charge is 2.30. The number of pyridine rings is 1. The minimum absolute atomic E-state index is 0.0113. The molecule has 2 saturated heterocycles. The van der Waals surface area contributed by atoms with Gasteiger partial charge in [-0.3, -0.25) is 14.7 Å². The average Bonchev–Trinajstić information content (AvgIpc) is 3.21. The van der Waals surface area contributed by atoms with Crippen LogP contribution in [0, 0.1) is 0 Å². The summed E-state index contributed by atoms with van der Waals surface area (Å²) in [6.07, 6.45) is 8.22. The van der Waals surface area contributed by atoms with E-state index in [2.05, 4.69) is 38.2 Å². The second-order valence-corrected chi connectivity index (χ2v) is 7.43. The van der Waals surface area contributed by atoms with E-state index in [4.69, 9.17) is 0 Å². The first-order valence-electron chi connectivity index (χ1n) is 9.81. The van der Waals surface area contributed by atoms with Gasteiger partial charge in [-0.2, -0.15) is 0 Å². The highest BCUT2D eigenvalue weighted by atomic mass is 16.2. The maximum atomic E-state index is 12.6. The summed E-state index contributed by atoms with van der Waals surface area (Å²) in [7, 11) is 0. The molecular formula is C21H27N5O. The van der Waals surface area contributed by atoms with Gasteiger partial charge in [-0.25, -0.2) is 10.9 Å². The minimum Gasteiger partial charge on any atom is -0.325 e. The molecule has 2 fully saturated rings. The summed E-state index contributed by atoms with van der Waals surface area (Å²) in [4.78, 5) is 19.1. The molecule has 2 aliphatic rings. The van der Waals surface area contributed by atoms with Crippen molar-refractivity contribution in [2.24, 2.45) is 0 Å². The molecule has 27 heavy (non-hydrogen) atoms. The predicted molar refractivity (Wildman–Crippen MR) is 106 cm³/mol. The Labute approximate surface area is 160 Å². The van der Waals surface area contributed by atoms with Crippen LogP contribution in [0.15, 0.2) is 48.8 Å². The van der Waals surface area contributed by atoms with E-state index in [-0.39, 0.29) is 18.0 Å². The summed E-state index contributed by atoms with van der Waals surface area (Å²) in [6, 6.07) is 12.0. The predicted octanol–water partition coefficient (Wildman–Crippen LogP) is 2.61. The van der Waals surface area contributed by atoms with Gasteiger partial charge in [0.25, 0.3) is 0 Å². The smallest absolute Gasteiger partial charge is 0.242 e. The van der Waals surface area contributed by atoms with Gasteiger partial charge in [-0.15, -0.1) is 0 Å². The number of hydrogen-bond acceptors (Lipinski definition) is 5. The molecule has 1 amide bonds. The van der Waals surface area contributed by atoms with Crippen molar-refractivity contribution in [3.8, 4) is 0 Å². The van der Waals surface area contributed by atoms with Crippen molar-refractivity contribution in [3.63, 3.8) is 0 Å². The molecule has 0 radical (unpaired) electrons. The van der Waals surface area contributed by atoms with Crippen LogP contribution in [0.1, 0.15) is 42.9 Å². The van der Waals surface area contributed by atoms with Gasteiger partial charge >= 0.3 is 0 Å². The van der Waals surface area contributed by atoms with Gasteiger partial charge in [0.2, 0.25) is 5.91 Å². The first-order valence-corrected chi connectivity index (χ1v) is 9.81. The summed E-state index contributed by atoms with van der Waals surface area (Å²) >= 11 is 0. The molecule has 2 aromatic rings. The highest BCUT2D eigenvalue weighted by Crippen LogP contribution is 2.22. The molecule has 6 heteroatoms. The van der Waals surface area contributed by atoms with Crippen molar-refractivity contribution in [2.45, 2.75) is 44.3 Å².